The molecule has 0 spiro atoms. The van der Waals surface area contributed by atoms with Crippen LogP contribution in [-0.4, -0.2) is 4.98 Å². The van der Waals surface area contributed by atoms with Crippen molar-refractivity contribution >= 4 is 34.7 Å². The number of rotatable bonds is 1. The second kappa shape index (κ2) is 3.66. The van der Waals surface area contributed by atoms with E-state index in [1.165, 1.54) is 0 Å². The number of nitrogens with zero attached hydrogens (tertiary/aromatic N) is 2. The Kier molecular flexibility index (Phi) is 2.78. The van der Waals surface area contributed by atoms with Crippen LogP contribution in [0.2, 0.25) is 10.0 Å². The molecule has 0 aromatic carbocycles. The van der Waals surface area contributed by atoms with Gasteiger partial charge in [-0.1, -0.05) is 23.2 Å². The quantitative estimate of drug-likeness (QED) is 0.484. The third-order valence-electron chi connectivity index (χ3n) is 1.35. The van der Waals surface area contributed by atoms with Gasteiger partial charge >= 0.3 is 0 Å². The van der Waals surface area contributed by atoms with Crippen LogP contribution in [0.1, 0.15) is 5.69 Å². The molecule has 0 radical (unpaired) electrons. The van der Waals surface area contributed by atoms with Crippen LogP contribution in [-0.2, 0) is 0 Å². The van der Waals surface area contributed by atoms with Crippen LogP contribution >= 0.6 is 23.2 Å². The summed E-state index contributed by atoms with van der Waals surface area (Å²) < 4.78 is 0. The summed E-state index contributed by atoms with van der Waals surface area (Å²) in [5.41, 5.74) is 7.76. The van der Waals surface area contributed by atoms with Gasteiger partial charge in [-0.2, -0.15) is 5.26 Å². The van der Waals surface area contributed by atoms with Crippen molar-refractivity contribution in [2.45, 2.75) is 0 Å². The normalized spacial score (nSPS) is 9.38. The van der Waals surface area contributed by atoms with Crippen LogP contribution in [0, 0.1) is 11.3 Å². The standard InChI is InChI=1S/C6H5Cl2N5/c7-3-2(1-9)12-6(13-11)4(8)5(3)10/h11H2,(H3,10,12,13). The van der Waals surface area contributed by atoms with Gasteiger partial charge in [0.1, 0.15) is 16.1 Å². The third kappa shape index (κ3) is 1.60. The molecule has 0 bridgehead atoms. The number of anilines is 2. The monoisotopic (exact) mass is 217 g/mol. The van der Waals surface area contributed by atoms with Crippen molar-refractivity contribution in [3.8, 4) is 6.07 Å². The lowest BCUT2D eigenvalue weighted by Gasteiger charge is -2.07. The minimum absolute atomic E-state index is 0.0171. The largest absolute Gasteiger partial charge is 0.396 e. The van der Waals surface area contributed by atoms with Crippen molar-refractivity contribution in [1.29, 1.82) is 5.26 Å². The first-order valence-electron chi connectivity index (χ1n) is 3.13. The second-order valence-electron chi connectivity index (χ2n) is 2.11. The maximum absolute atomic E-state index is 8.59. The first-order valence-corrected chi connectivity index (χ1v) is 3.88. The molecule has 13 heavy (non-hydrogen) atoms. The van der Waals surface area contributed by atoms with Crippen LogP contribution in [0.15, 0.2) is 0 Å². The number of pyridine rings is 1. The molecule has 5 nitrogen and oxygen atoms in total. The Morgan fingerprint density at radius 2 is 2.00 bits per heavy atom. The van der Waals surface area contributed by atoms with E-state index in [2.05, 4.69) is 10.4 Å². The SMILES string of the molecule is N#Cc1nc(NN)c(Cl)c(N)c1Cl. The number of hydrazine groups is 1. The number of nitrogens with one attached hydrogen (secondary N) is 1. The summed E-state index contributed by atoms with van der Waals surface area (Å²) in [6.45, 7) is 0. The summed E-state index contributed by atoms with van der Waals surface area (Å²) >= 11 is 11.4. The minimum Gasteiger partial charge on any atom is -0.396 e. The Morgan fingerprint density at radius 1 is 1.38 bits per heavy atom. The van der Waals surface area contributed by atoms with E-state index in [0.29, 0.717) is 0 Å². The van der Waals surface area contributed by atoms with Gasteiger partial charge in [-0.25, -0.2) is 10.8 Å². The maximum Gasteiger partial charge on any atom is 0.163 e. The van der Waals surface area contributed by atoms with Gasteiger partial charge in [0.15, 0.2) is 11.5 Å². The number of nitrogens with two attached hydrogens (primary N) is 2. The highest BCUT2D eigenvalue weighted by Gasteiger charge is 2.13. The van der Waals surface area contributed by atoms with Gasteiger partial charge in [0.05, 0.1) is 5.69 Å². The zero-order valence-corrected chi connectivity index (χ0v) is 7.82. The van der Waals surface area contributed by atoms with Gasteiger partial charge in [0, 0.05) is 0 Å². The predicted octanol–water partition coefficient (Wildman–Crippen LogP) is 1.13. The van der Waals surface area contributed by atoms with E-state index in [1.54, 1.807) is 6.07 Å². The van der Waals surface area contributed by atoms with Crippen molar-refractivity contribution in [3.05, 3.63) is 15.7 Å². The molecule has 68 valence electrons. The summed E-state index contributed by atoms with van der Waals surface area (Å²) in [6.07, 6.45) is 0. The first kappa shape index (κ1) is 9.86. The molecule has 7 heteroatoms. The molecule has 0 fully saturated rings. The summed E-state index contributed by atoms with van der Waals surface area (Å²) in [6, 6.07) is 1.76. The van der Waals surface area contributed by atoms with Gasteiger partial charge in [-0.3, -0.25) is 0 Å². The fourth-order valence-electron chi connectivity index (χ4n) is 0.731. The molecule has 1 aromatic heterocycles. The summed E-state index contributed by atoms with van der Waals surface area (Å²) in [5.74, 6) is 5.21. The maximum atomic E-state index is 8.59. The van der Waals surface area contributed by atoms with Gasteiger partial charge < -0.3 is 11.2 Å². The molecule has 0 unspecified atom stereocenters. The van der Waals surface area contributed by atoms with Crippen LogP contribution in [0.3, 0.4) is 0 Å². The summed E-state index contributed by atoms with van der Waals surface area (Å²) in [4.78, 5) is 3.73. The second-order valence-corrected chi connectivity index (χ2v) is 2.86. The lowest BCUT2D eigenvalue weighted by atomic mass is 10.3. The molecule has 0 aliphatic heterocycles. The van der Waals surface area contributed by atoms with Gasteiger partial charge in [0.2, 0.25) is 0 Å². The summed E-state index contributed by atoms with van der Waals surface area (Å²) in [7, 11) is 0. The average molecular weight is 218 g/mol. The van der Waals surface area contributed by atoms with Crippen LogP contribution in [0.5, 0.6) is 0 Å². The van der Waals surface area contributed by atoms with Crippen LogP contribution in [0.25, 0.3) is 0 Å². The molecule has 0 saturated heterocycles. The smallest absolute Gasteiger partial charge is 0.163 e. The predicted molar refractivity (Wildman–Crippen MR) is 51.2 cm³/mol. The van der Waals surface area contributed by atoms with Crippen molar-refractivity contribution < 1.29 is 0 Å². The third-order valence-corrected chi connectivity index (χ3v) is 2.12. The molecule has 0 atom stereocenters. The number of nitriles is 1. The zero-order chi connectivity index (χ0) is 10.0. The number of aromatic nitrogens is 1. The molecule has 1 heterocycles. The highest BCUT2D eigenvalue weighted by Crippen LogP contribution is 2.33. The lowest BCUT2D eigenvalue weighted by Crippen LogP contribution is -2.11. The van der Waals surface area contributed by atoms with E-state index < -0.39 is 0 Å². The average Bonchev–Trinajstić information content (AvgIpc) is 2.15. The Bertz CT molecular complexity index is 384. The number of hydrogen-bond acceptors (Lipinski definition) is 5. The van der Waals surface area contributed by atoms with Crippen LogP contribution < -0.4 is 17.0 Å². The molecular weight excluding hydrogens is 213 g/mol. The molecule has 0 aliphatic rings. The van der Waals surface area contributed by atoms with E-state index in [4.69, 9.17) is 40.0 Å². The summed E-state index contributed by atoms with van der Waals surface area (Å²) in [5, 5.41) is 8.73. The molecule has 0 aliphatic carbocycles. The molecule has 0 amide bonds. The Balaban J connectivity index is 3.48. The van der Waals surface area contributed by atoms with Crippen molar-refractivity contribution in [2.75, 3.05) is 11.2 Å². The van der Waals surface area contributed by atoms with Crippen molar-refractivity contribution in [1.82, 2.24) is 4.98 Å². The molecule has 0 saturated carbocycles. The van der Waals surface area contributed by atoms with Crippen molar-refractivity contribution in [3.63, 3.8) is 0 Å². The first-order chi connectivity index (χ1) is 6.11. The van der Waals surface area contributed by atoms with Gasteiger partial charge in [0.25, 0.3) is 0 Å². The number of hydrogen-bond donors (Lipinski definition) is 3. The fourth-order valence-corrected chi connectivity index (χ4v) is 1.15. The minimum atomic E-state index is -0.0171. The molecule has 1 rings (SSSR count). The molecular formula is C6H5Cl2N5. The zero-order valence-electron chi connectivity index (χ0n) is 6.31. The fraction of sp³-hybridized carbons (Fsp3) is 0. The van der Waals surface area contributed by atoms with E-state index >= 15 is 0 Å². The highest BCUT2D eigenvalue weighted by atomic mass is 35.5. The van der Waals surface area contributed by atoms with E-state index in [9.17, 15) is 0 Å². The van der Waals surface area contributed by atoms with E-state index in [0.717, 1.165) is 0 Å². The molecule has 5 N–H and O–H groups in total. The Morgan fingerprint density at radius 3 is 2.46 bits per heavy atom. The van der Waals surface area contributed by atoms with Gasteiger partial charge in [-0.15, -0.1) is 0 Å². The Hall–Kier alpha value is -1.22. The topological polar surface area (TPSA) is 101 Å². The highest BCUT2D eigenvalue weighted by molar-refractivity contribution is 6.40. The van der Waals surface area contributed by atoms with Crippen LogP contribution in [0.4, 0.5) is 11.5 Å². The van der Waals surface area contributed by atoms with E-state index in [1.807, 2.05) is 0 Å². The molecule has 1 aromatic rings. The number of nitrogen functional groups attached to an aromatic ring is 2. The lowest BCUT2D eigenvalue weighted by molar-refractivity contribution is 1.20. The van der Waals surface area contributed by atoms with Crippen molar-refractivity contribution in [2.24, 2.45) is 5.84 Å². The Labute approximate surface area is 84.2 Å². The van der Waals surface area contributed by atoms with E-state index in [-0.39, 0.29) is 27.2 Å². The van der Waals surface area contributed by atoms with Gasteiger partial charge in [-0.05, 0) is 0 Å². The number of halogens is 2.